The zero-order valence-electron chi connectivity index (χ0n) is 13.0. The molecule has 1 aromatic carbocycles. The van der Waals surface area contributed by atoms with Crippen LogP contribution in [0, 0.1) is 5.82 Å². The lowest BCUT2D eigenvalue weighted by atomic mass is 10.0. The van der Waals surface area contributed by atoms with Gasteiger partial charge in [-0.05, 0) is 43.7 Å². The van der Waals surface area contributed by atoms with E-state index in [9.17, 15) is 9.18 Å². The number of hydrogen-bond acceptors (Lipinski definition) is 3. The average molecular weight is 364 g/mol. The third-order valence-electron chi connectivity index (χ3n) is 4.39. The number of hydrogen-bond donors (Lipinski definition) is 1. The van der Waals surface area contributed by atoms with Crippen molar-refractivity contribution in [2.24, 2.45) is 0 Å². The summed E-state index contributed by atoms with van der Waals surface area (Å²) in [6, 6.07) is 6.58. The fraction of sp³-hybridized carbons (Fsp3) is 0.562. The monoisotopic (exact) mass is 363 g/mol. The van der Waals surface area contributed by atoms with Crippen LogP contribution in [-0.2, 0) is 4.79 Å². The molecule has 7 heteroatoms. The van der Waals surface area contributed by atoms with Gasteiger partial charge in [-0.2, -0.15) is 0 Å². The molecule has 2 fully saturated rings. The lowest BCUT2D eigenvalue weighted by Gasteiger charge is -2.38. The molecule has 1 amide bonds. The van der Waals surface area contributed by atoms with Crippen LogP contribution in [0.25, 0.3) is 0 Å². The number of halogens is 3. The van der Waals surface area contributed by atoms with Gasteiger partial charge in [-0.25, -0.2) is 4.39 Å². The smallest absolute Gasteiger partial charge is 0.239 e. The Balaban J connectivity index is 0.00000132. The summed E-state index contributed by atoms with van der Waals surface area (Å²) >= 11 is 0. The quantitative estimate of drug-likeness (QED) is 0.876. The Morgan fingerprint density at radius 2 is 1.70 bits per heavy atom. The third kappa shape index (κ3) is 4.96. The minimum atomic E-state index is -0.212. The van der Waals surface area contributed by atoms with Crippen LogP contribution < -0.4 is 10.2 Å². The van der Waals surface area contributed by atoms with Crippen molar-refractivity contribution in [1.82, 2.24) is 10.2 Å². The Morgan fingerprint density at radius 3 is 2.26 bits per heavy atom. The van der Waals surface area contributed by atoms with Gasteiger partial charge in [0.2, 0.25) is 5.91 Å². The highest BCUT2D eigenvalue weighted by molar-refractivity contribution is 5.85. The second kappa shape index (κ2) is 9.30. The number of benzene rings is 1. The van der Waals surface area contributed by atoms with Crippen molar-refractivity contribution in [2.45, 2.75) is 25.3 Å². The summed E-state index contributed by atoms with van der Waals surface area (Å²) in [7, 11) is 0. The molecule has 3 rings (SSSR count). The van der Waals surface area contributed by atoms with E-state index in [1.807, 2.05) is 4.90 Å². The fourth-order valence-corrected chi connectivity index (χ4v) is 3.12. The van der Waals surface area contributed by atoms with E-state index < -0.39 is 0 Å². The van der Waals surface area contributed by atoms with Crippen molar-refractivity contribution in [2.75, 3.05) is 37.6 Å². The number of piperidine rings is 1. The van der Waals surface area contributed by atoms with Gasteiger partial charge in [0.15, 0.2) is 0 Å². The molecule has 2 aliphatic heterocycles. The first-order chi connectivity index (χ1) is 10.2. The van der Waals surface area contributed by atoms with E-state index in [0.29, 0.717) is 0 Å². The normalized spacial score (nSPS) is 21.2. The molecule has 1 aromatic rings. The Kier molecular flexibility index (Phi) is 8.09. The van der Waals surface area contributed by atoms with Crippen LogP contribution in [0.3, 0.4) is 0 Å². The maximum atomic E-state index is 12.9. The van der Waals surface area contributed by atoms with Gasteiger partial charge in [0.05, 0.1) is 6.04 Å². The summed E-state index contributed by atoms with van der Waals surface area (Å²) in [6.07, 6.45) is 3.26. The Bertz CT molecular complexity index is 487. The highest BCUT2D eigenvalue weighted by Crippen LogP contribution is 2.18. The van der Waals surface area contributed by atoms with E-state index in [1.165, 1.54) is 18.6 Å². The molecule has 0 aliphatic carbocycles. The molecule has 130 valence electrons. The van der Waals surface area contributed by atoms with Crippen LogP contribution in [0.15, 0.2) is 24.3 Å². The first-order valence-electron chi connectivity index (χ1n) is 7.77. The SMILES string of the molecule is Cl.Cl.O=C([C@H]1CCCCN1)N1CCN(c2ccc(F)cc2)CC1. The number of rotatable bonds is 2. The number of amides is 1. The maximum absolute atomic E-state index is 12.9. The van der Waals surface area contributed by atoms with E-state index in [-0.39, 0.29) is 42.6 Å². The molecule has 1 atom stereocenters. The molecular weight excluding hydrogens is 340 g/mol. The van der Waals surface area contributed by atoms with Crippen LogP contribution in [-0.4, -0.2) is 49.6 Å². The van der Waals surface area contributed by atoms with Crippen molar-refractivity contribution in [3.63, 3.8) is 0 Å². The zero-order chi connectivity index (χ0) is 14.7. The molecule has 0 radical (unpaired) electrons. The highest BCUT2D eigenvalue weighted by atomic mass is 35.5. The van der Waals surface area contributed by atoms with Gasteiger partial charge in [0, 0.05) is 31.9 Å². The van der Waals surface area contributed by atoms with Gasteiger partial charge in [0.25, 0.3) is 0 Å². The van der Waals surface area contributed by atoms with Crippen LogP contribution in [0.2, 0.25) is 0 Å². The maximum Gasteiger partial charge on any atom is 0.239 e. The van der Waals surface area contributed by atoms with E-state index in [1.54, 1.807) is 12.1 Å². The van der Waals surface area contributed by atoms with Crippen LogP contribution in [0.1, 0.15) is 19.3 Å². The number of nitrogens with zero attached hydrogens (tertiary/aromatic N) is 2. The predicted octanol–water partition coefficient (Wildman–Crippen LogP) is 2.46. The molecule has 0 unspecified atom stereocenters. The van der Waals surface area contributed by atoms with E-state index in [0.717, 1.165) is 51.3 Å². The number of nitrogens with one attached hydrogen (secondary N) is 1. The number of carbonyl (C=O) groups is 1. The molecule has 2 heterocycles. The van der Waals surface area contributed by atoms with Crippen LogP contribution in [0.5, 0.6) is 0 Å². The zero-order valence-corrected chi connectivity index (χ0v) is 14.7. The molecule has 0 bridgehead atoms. The number of anilines is 1. The summed E-state index contributed by atoms with van der Waals surface area (Å²) in [5.41, 5.74) is 1.03. The lowest BCUT2D eigenvalue weighted by Crippen LogP contribution is -2.55. The average Bonchev–Trinajstić information content (AvgIpc) is 2.56. The summed E-state index contributed by atoms with van der Waals surface area (Å²) in [4.78, 5) is 16.6. The Labute approximate surface area is 149 Å². The first-order valence-corrected chi connectivity index (χ1v) is 7.77. The Hall–Kier alpha value is -1.04. The second-order valence-corrected chi connectivity index (χ2v) is 5.79. The summed E-state index contributed by atoms with van der Waals surface area (Å²) in [5, 5.41) is 3.32. The summed E-state index contributed by atoms with van der Waals surface area (Å²) in [5.74, 6) is 0.0318. The molecule has 23 heavy (non-hydrogen) atoms. The predicted molar refractivity (Wildman–Crippen MR) is 95.3 cm³/mol. The number of piperazine rings is 1. The summed E-state index contributed by atoms with van der Waals surface area (Å²) in [6.45, 7) is 4.06. The molecule has 2 aliphatic rings. The standard InChI is InChI=1S/C16H22FN3O.2ClH/c17-13-4-6-14(7-5-13)19-9-11-20(12-10-19)16(21)15-3-1-2-8-18-15;;/h4-7,15,18H,1-3,8-12H2;2*1H/t15-;;/m1../s1. The summed E-state index contributed by atoms with van der Waals surface area (Å²) < 4.78 is 12.9. The van der Waals surface area contributed by atoms with Crippen molar-refractivity contribution >= 4 is 36.4 Å². The lowest BCUT2D eigenvalue weighted by molar-refractivity contribution is -0.134. The van der Waals surface area contributed by atoms with Gasteiger partial charge in [-0.3, -0.25) is 4.79 Å². The second-order valence-electron chi connectivity index (χ2n) is 5.79. The van der Waals surface area contributed by atoms with Gasteiger partial charge in [-0.1, -0.05) is 6.42 Å². The van der Waals surface area contributed by atoms with Gasteiger partial charge in [-0.15, -0.1) is 24.8 Å². The molecule has 0 spiro atoms. The van der Waals surface area contributed by atoms with Crippen molar-refractivity contribution in [1.29, 1.82) is 0 Å². The minimum absolute atomic E-state index is 0. The molecule has 1 N–H and O–H groups in total. The molecule has 0 aromatic heterocycles. The highest BCUT2D eigenvalue weighted by Gasteiger charge is 2.28. The van der Waals surface area contributed by atoms with Gasteiger partial charge < -0.3 is 15.1 Å². The van der Waals surface area contributed by atoms with Crippen LogP contribution in [0.4, 0.5) is 10.1 Å². The largest absolute Gasteiger partial charge is 0.368 e. The van der Waals surface area contributed by atoms with Crippen molar-refractivity contribution in [3.8, 4) is 0 Å². The minimum Gasteiger partial charge on any atom is -0.368 e. The van der Waals surface area contributed by atoms with E-state index in [2.05, 4.69) is 10.2 Å². The Morgan fingerprint density at radius 1 is 1.04 bits per heavy atom. The molecule has 2 saturated heterocycles. The molecule has 4 nitrogen and oxygen atoms in total. The van der Waals surface area contributed by atoms with Crippen LogP contribution >= 0.6 is 24.8 Å². The molecular formula is C16H24Cl2FN3O. The fourth-order valence-electron chi connectivity index (χ4n) is 3.12. The van der Waals surface area contributed by atoms with Gasteiger partial charge in [0.1, 0.15) is 5.82 Å². The van der Waals surface area contributed by atoms with Gasteiger partial charge >= 0.3 is 0 Å². The molecule has 0 saturated carbocycles. The van der Waals surface area contributed by atoms with E-state index in [4.69, 9.17) is 0 Å². The van der Waals surface area contributed by atoms with Crippen molar-refractivity contribution in [3.05, 3.63) is 30.1 Å². The third-order valence-corrected chi connectivity index (χ3v) is 4.39. The topological polar surface area (TPSA) is 35.6 Å². The van der Waals surface area contributed by atoms with E-state index >= 15 is 0 Å². The van der Waals surface area contributed by atoms with Crippen molar-refractivity contribution < 1.29 is 9.18 Å². The first kappa shape index (κ1) is 20.0. The number of carbonyl (C=O) groups excluding carboxylic acids is 1.